The number of nitrogens with zero attached hydrogens (tertiary/aromatic N) is 3. The summed E-state index contributed by atoms with van der Waals surface area (Å²) in [6.45, 7) is 9.66. The van der Waals surface area contributed by atoms with Gasteiger partial charge in [-0.3, -0.25) is 0 Å². The first-order valence-electron chi connectivity index (χ1n) is 7.24. The molecule has 0 radical (unpaired) electrons. The molecule has 0 unspecified atom stereocenters. The van der Waals surface area contributed by atoms with Crippen LogP contribution in [0.2, 0.25) is 0 Å². The first-order chi connectivity index (χ1) is 10.1. The van der Waals surface area contributed by atoms with Gasteiger partial charge in [0.15, 0.2) is 0 Å². The molecule has 2 heterocycles. The molecule has 0 fully saturated rings. The summed E-state index contributed by atoms with van der Waals surface area (Å²) >= 11 is 1.67. The third-order valence-corrected chi connectivity index (χ3v) is 4.01. The lowest BCUT2D eigenvalue weighted by molar-refractivity contribution is 0.308. The highest BCUT2D eigenvalue weighted by atomic mass is 32.1. The standard InChI is InChI=1S/C15H22N4OS/c1-5-16-13-8-14(19-15(18-13)10(2)3)20-7-6-12-11(4)17-9-21-12/h8-10H,5-7H2,1-4H3,(H,16,18,19). The van der Waals surface area contributed by atoms with Crippen LogP contribution in [-0.4, -0.2) is 28.1 Å². The molecule has 0 bridgehead atoms. The predicted octanol–water partition coefficient (Wildman–Crippen LogP) is 3.42. The number of hydrogen-bond acceptors (Lipinski definition) is 6. The van der Waals surface area contributed by atoms with Crippen molar-refractivity contribution in [3.05, 3.63) is 28.0 Å². The van der Waals surface area contributed by atoms with E-state index in [4.69, 9.17) is 4.74 Å². The Hall–Kier alpha value is -1.69. The summed E-state index contributed by atoms with van der Waals surface area (Å²) in [5.74, 6) is 2.53. The first kappa shape index (κ1) is 15.7. The normalized spacial score (nSPS) is 10.9. The van der Waals surface area contributed by atoms with Crippen LogP contribution < -0.4 is 10.1 Å². The van der Waals surface area contributed by atoms with Gasteiger partial charge in [0.25, 0.3) is 0 Å². The molecule has 0 aromatic carbocycles. The first-order valence-corrected chi connectivity index (χ1v) is 8.12. The highest BCUT2D eigenvalue weighted by molar-refractivity contribution is 7.09. The lowest BCUT2D eigenvalue weighted by atomic mass is 10.2. The van der Waals surface area contributed by atoms with E-state index in [0.717, 1.165) is 30.3 Å². The number of hydrogen-bond donors (Lipinski definition) is 1. The maximum atomic E-state index is 5.80. The molecule has 2 aromatic heterocycles. The fourth-order valence-corrected chi connectivity index (χ4v) is 2.62. The van der Waals surface area contributed by atoms with Crippen molar-refractivity contribution < 1.29 is 4.74 Å². The fourth-order valence-electron chi connectivity index (χ4n) is 1.86. The van der Waals surface area contributed by atoms with E-state index in [2.05, 4.69) is 34.1 Å². The highest BCUT2D eigenvalue weighted by Gasteiger charge is 2.09. The molecule has 6 heteroatoms. The monoisotopic (exact) mass is 306 g/mol. The van der Waals surface area contributed by atoms with Crippen molar-refractivity contribution >= 4 is 17.2 Å². The molecule has 0 spiro atoms. The summed E-state index contributed by atoms with van der Waals surface area (Å²) in [4.78, 5) is 14.5. The Bertz CT molecular complexity index is 583. The summed E-state index contributed by atoms with van der Waals surface area (Å²) < 4.78 is 5.80. The summed E-state index contributed by atoms with van der Waals surface area (Å²) in [7, 11) is 0. The van der Waals surface area contributed by atoms with Gasteiger partial charge in [0.05, 0.1) is 17.8 Å². The van der Waals surface area contributed by atoms with Crippen molar-refractivity contribution in [2.45, 2.75) is 40.0 Å². The Morgan fingerprint density at radius 1 is 1.33 bits per heavy atom. The van der Waals surface area contributed by atoms with E-state index in [0.29, 0.717) is 12.5 Å². The number of rotatable bonds is 7. The van der Waals surface area contributed by atoms with Gasteiger partial charge in [-0.1, -0.05) is 13.8 Å². The lowest BCUT2D eigenvalue weighted by Crippen LogP contribution is -2.08. The van der Waals surface area contributed by atoms with Crippen molar-refractivity contribution in [3.63, 3.8) is 0 Å². The van der Waals surface area contributed by atoms with Crippen LogP contribution in [0.5, 0.6) is 5.88 Å². The second kappa shape index (κ2) is 7.36. The van der Waals surface area contributed by atoms with Gasteiger partial charge in [-0.25, -0.2) is 9.97 Å². The summed E-state index contributed by atoms with van der Waals surface area (Å²) in [5.41, 5.74) is 2.96. The van der Waals surface area contributed by atoms with E-state index < -0.39 is 0 Å². The van der Waals surface area contributed by atoms with E-state index >= 15 is 0 Å². The Kier molecular flexibility index (Phi) is 5.50. The smallest absolute Gasteiger partial charge is 0.218 e. The average molecular weight is 306 g/mol. The van der Waals surface area contributed by atoms with Crippen LogP contribution in [0.4, 0.5) is 5.82 Å². The maximum Gasteiger partial charge on any atom is 0.218 e. The second-order valence-corrected chi connectivity index (χ2v) is 6.03. The quantitative estimate of drug-likeness (QED) is 0.849. The van der Waals surface area contributed by atoms with E-state index in [9.17, 15) is 0 Å². The number of ether oxygens (including phenoxy) is 1. The van der Waals surface area contributed by atoms with Crippen LogP contribution in [0.25, 0.3) is 0 Å². The van der Waals surface area contributed by atoms with E-state index in [1.54, 1.807) is 11.3 Å². The van der Waals surface area contributed by atoms with Crippen LogP contribution in [0.1, 0.15) is 43.1 Å². The topological polar surface area (TPSA) is 59.9 Å². The van der Waals surface area contributed by atoms with Gasteiger partial charge in [-0.15, -0.1) is 11.3 Å². The number of anilines is 1. The zero-order valence-electron chi connectivity index (χ0n) is 13.0. The number of nitrogens with one attached hydrogen (secondary N) is 1. The van der Waals surface area contributed by atoms with Crippen molar-refractivity contribution in [2.24, 2.45) is 0 Å². The van der Waals surface area contributed by atoms with E-state index in [1.807, 2.05) is 25.4 Å². The van der Waals surface area contributed by atoms with Crippen LogP contribution >= 0.6 is 11.3 Å². The Balaban J connectivity index is 2.02. The SMILES string of the molecule is CCNc1cc(OCCc2scnc2C)nc(C(C)C)n1. The molecule has 1 N–H and O–H groups in total. The Morgan fingerprint density at radius 2 is 2.14 bits per heavy atom. The van der Waals surface area contributed by atoms with Gasteiger partial charge in [0.1, 0.15) is 11.6 Å². The average Bonchev–Trinajstić information content (AvgIpc) is 2.84. The molecule has 0 saturated carbocycles. The van der Waals surface area contributed by atoms with Crippen molar-refractivity contribution in [1.29, 1.82) is 0 Å². The van der Waals surface area contributed by atoms with E-state index in [-0.39, 0.29) is 5.92 Å². The molecule has 5 nitrogen and oxygen atoms in total. The van der Waals surface area contributed by atoms with Crippen LogP contribution in [0.3, 0.4) is 0 Å². The zero-order chi connectivity index (χ0) is 15.2. The van der Waals surface area contributed by atoms with Crippen LogP contribution in [0.15, 0.2) is 11.6 Å². The minimum absolute atomic E-state index is 0.273. The molecule has 114 valence electrons. The van der Waals surface area contributed by atoms with Gasteiger partial charge in [-0.05, 0) is 13.8 Å². The largest absolute Gasteiger partial charge is 0.477 e. The Morgan fingerprint density at radius 3 is 2.76 bits per heavy atom. The van der Waals surface area contributed by atoms with Gasteiger partial charge >= 0.3 is 0 Å². The minimum Gasteiger partial charge on any atom is -0.477 e. The minimum atomic E-state index is 0.273. The number of thiazole rings is 1. The molecular formula is C15H22N4OS. The van der Waals surface area contributed by atoms with Gasteiger partial charge < -0.3 is 10.1 Å². The summed E-state index contributed by atoms with van der Waals surface area (Å²) in [5, 5.41) is 3.22. The third-order valence-electron chi connectivity index (χ3n) is 3.02. The van der Waals surface area contributed by atoms with Crippen molar-refractivity contribution in [1.82, 2.24) is 15.0 Å². The predicted molar refractivity (Wildman–Crippen MR) is 86.3 cm³/mol. The third kappa shape index (κ3) is 4.39. The maximum absolute atomic E-state index is 5.80. The number of aryl methyl sites for hydroxylation is 1. The second-order valence-electron chi connectivity index (χ2n) is 5.09. The molecule has 0 amide bonds. The van der Waals surface area contributed by atoms with Gasteiger partial charge in [-0.2, -0.15) is 4.98 Å². The van der Waals surface area contributed by atoms with Gasteiger partial charge in [0, 0.05) is 29.8 Å². The molecule has 0 aliphatic heterocycles. The molecule has 21 heavy (non-hydrogen) atoms. The van der Waals surface area contributed by atoms with E-state index in [1.165, 1.54) is 4.88 Å². The summed E-state index contributed by atoms with van der Waals surface area (Å²) in [6, 6.07) is 1.86. The molecular weight excluding hydrogens is 284 g/mol. The molecule has 0 atom stereocenters. The Labute approximate surface area is 129 Å². The lowest BCUT2D eigenvalue weighted by Gasteiger charge is -2.11. The molecule has 0 aliphatic carbocycles. The fraction of sp³-hybridized carbons (Fsp3) is 0.533. The van der Waals surface area contributed by atoms with Crippen molar-refractivity contribution in [2.75, 3.05) is 18.5 Å². The summed E-state index contributed by atoms with van der Waals surface area (Å²) in [6.07, 6.45) is 0.855. The highest BCUT2D eigenvalue weighted by Crippen LogP contribution is 2.19. The zero-order valence-corrected chi connectivity index (χ0v) is 13.8. The molecule has 0 aliphatic rings. The van der Waals surface area contributed by atoms with Crippen molar-refractivity contribution in [3.8, 4) is 5.88 Å². The van der Waals surface area contributed by atoms with Crippen LogP contribution in [0, 0.1) is 6.92 Å². The van der Waals surface area contributed by atoms with Gasteiger partial charge in [0.2, 0.25) is 5.88 Å². The molecule has 0 saturated heterocycles. The molecule has 2 aromatic rings. The van der Waals surface area contributed by atoms with Crippen LogP contribution in [-0.2, 0) is 6.42 Å². The number of aromatic nitrogens is 3. The molecule has 2 rings (SSSR count).